The molecule has 128 valence electrons. The molecule has 1 aliphatic carbocycles. The summed E-state index contributed by atoms with van der Waals surface area (Å²) in [6.45, 7) is 5.53. The largest absolute Gasteiger partial charge is 0.490 e. The van der Waals surface area contributed by atoms with E-state index in [1.54, 1.807) is 0 Å². The lowest BCUT2D eigenvalue weighted by molar-refractivity contribution is -0.137. The van der Waals surface area contributed by atoms with Crippen molar-refractivity contribution in [3.63, 3.8) is 0 Å². The Balaban J connectivity index is 1.79. The lowest BCUT2D eigenvalue weighted by atomic mass is 9.92. The van der Waals surface area contributed by atoms with Crippen LogP contribution in [0.25, 0.3) is 0 Å². The molecule has 0 aliphatic heterocycles. The van der Waals surface area contributed by atoms with E-state index in [0.717, 1.165) is 12.1 Å². The number of alkyl halides is 3. The SMILES string of the molecule is CC(C)(C)NC(=O)OC1CC(Oc2cccc(C(F)(F)F)c2)C1. The molecule has 1 fully saturated rings. The molecule has 0 unspecified atom stereocenters. The minimum Gasteiger partial charge on any atom is -0.490 e. The Bertz CT molecular complexity index is 560. The molecule has 4 nitrogen and oxygen atoms in total. The summed E-state index contributed by atoms with van der Waals surface area (Å²) in [5.41, 5.74) is -1.12. The Kier molecular flexibility index (Phi) is 4.77. The molecule has 1 N–H and O–H groups in total. The number of hydrogen-bond acceptors (Lipinski definition) is 3. The van der Waals surface area contributed by atoms with E-state index in [2.05, 4.69) is 5.32 Å². The van der Waals surface area contributed by atoms with Gasteiger partial charge in [-0.25, -0.2) is 4.79 Å². The number of carbonyl (C=O) groups is 1. The Morgan fingerprint density at radius 3 is 2.39 bits per heavy atom. The van der Waals surface area contributed by atoms with Gasteiger partial charge in [0.2, 0.25) is 0 Å². The monoisotopic (exact) mass is 331 g/mol. The lowest BCUT2D eigenvalue weighted by Gasteiger charge is -2.35. The predicted molar refractivity (Wildman–Crippen MR) is 78.3 cm³/mol. The van der Waals surface area contributed by atoms with Gasteiger partial charge in [0, 0.05) is 18.4 Å². The fourth-order valence-corrected chi connectivity index (χ4v) is 2.14. The van der Waals surface area contributed by atoms with Crippen molar-refractivity contribution in [2.75, 3.05) is 0 Å². The van der Waals surface area contributed by atoms with E-state index < -0.39 is 17.8 Å². The molecule has 0 spiro atoms. The standard InChI is InChI=1S/C16H20F3NO3/c1-15(2,3)20-14(21)23-13-8-12(9-13)22-11-6-4-5-10(7-11)16(17,18)19/h4-7,12-13H,8-9H2,1-3H3,(H,20,21). The number of hydrogen-bond donors (Lipinski definition) is 1. The quantitative estimate of drug-likeness (QED) is 0.905. The summed E-state index contributed by atoms with van der Waals surface area (Å²) >= 11 is 0. The average Bonchev–Trinajstić information content (AvgIpc) is 2.33. The summed E-state index contributed by atoms with van der Waals surface area (Å²) in [5, 5.41) is 2.68. The molecule has 0 bridgehead atoms. The van der Waals surface area contributed by atoms with Crippen LogP contribution >= 0.6 is 0 Å². The van der Waals surface area contributed by atoms with Gasteiger partial charge in [0.15, 0.2) is 0 Å². The molecular weight excluding hydrogens is 311 g/mol. The second-order valence-corrected chi connectivity index (χ2v) is 6.64. The van der Waals surface area contributed by atoms with E-state index in [1.807, 2.05) is 20.8 Å². The van der Waals surface area contributed by atoms with Gasteiger partial charge in [-0.3, -0.25) is 0 Å². The van der Waals surface area contributed by atoms with Crippen molar-refractivity contribution in [1.82, 2.24) is 5.32 Å². The van der Waals surface area contributed by atoms with E-state index in [1.165, 1.54) is 12.1 Å². The maximum absolute atomic E-state index is 12.6. The molecule has 7 heteroatoms. The highest BCUT2D eigenvalue weighted by atomic mass is 19.4. The van der Waals surface area contributed by atoms with Crippen molar-refractivity contribution < 1.29 is 27.4 Å². The number of nitrogens with one attached hydrogen (secondary N) is 1. The highest BCUT2D eigenvalue weighted by molar-refractivity contribution is 5.68. The maximum Gasteiger partial charge on any atom is 0.416 e. The third-order valence-electron chi connectivity index (χ3n) is 3.27. The van der Waals surface area contributed by atoms with Gasteiger partial charge in [-0.05, 0) is 39.0 Å². The molecule has 0 atom stereocenters. The van der Waals surface area contributed by atoms with Gasteiger partial charge in [0.1, 0.15) is 18.0 Å². The molecule has 1 aromatic carbocycles. The second kappa shape index (κ2) is 6.29. The molecule has 23 heavy (non-hydrogen) atoms. The van der Waals surface area contributed by atoms with Gasteiger partial charge in [-0.2, -0.15) is 13.2 Å². The molecule has 1 aliphatic rings. The van der Waals surface area contributed by atoms with Crippen LogP contribution in [0.2, 0.25) is 0 Å². The summed E-state index contributed by atoms with van der Waals surface area (Å²) in [6, 6.07) is 4.76. The molecule has 0 aromatic heterocycles. The first-order valence-corrected chi connectivity index (χ1v) is 7.36. The Hall–Kier alpha value is -1.92. The summed E-state index contributed by atoms with van der Waals surface area (Å²) in [6.07, 6.45) is -4.48. The number of rotatable bonds is 3. The summed E-state index contributed by atoms with van der Waals surface area (Å²) in [5.74, 6) is 0.169. The molecule has 1 aromatic rings. The van der Waals surface area contributed by atoms with E-state index >= 15 is 0 Å². The minimum atomic E-state index is -4.39. The fraction of sp³-hybridized carbons (Fsp3) is 0.562. The van der Waals surface area contributed by atoms with Crippen LogP contribution in [0, 0.1) is 0 Å². The lowest BCUT2D eigenvalue weighted by Crippen LogP contribution is -2.46. The van der Waals surface area contributed by atoms with Crippen LogP contribution in [0.15, 0.2) is 24.3 Å². The van der Waals surface area contributed by atoms with Crippen molar-refractivity contribution >= 4 is 6.09 Å². The van der Waals surface area contributed by atoms with Crippen molar-refractivity contribution in [3.8, 4) is 5.75 Å². The summed E-state index contributed by atoms with van der Waals surface area (Å²) in [4.78, 5) is 11.6. The first-order chi connectivity index (χ1) is 10.5. The molecule has 2 rings (SSSR count). The van der Waals surface area contributed by atoms with Gasteiger partial charge >= 0.3 is 12.3 Å². The highest BCUT2D eigenvalue weighted by Crippen LogP contribution is 2.33. The van der Waals surface area contributed by atoms with Gasteiger partial charge in [-0.15, -0.1) is 0 Å². The number of benzene rings is 1. The average molecular weight is 331 g/mol. The van der Waals surface area contributed by atoms with E-state index in [9.17, 15) is 18.0 Å². The molecular formula is C16H20F3NO3. The number of amides is 1. The first kappa shape index (κ1) is 17.4. The Morgan fingerprint density at radius 1 is 1.17 bits per heavy atom. The predicted octanol–water partition coefficient (Wildman–Crippen LogP) is 4.14. The maximum atomic E-state index is 12.6. The fourth-order valence-electron chi connectivity index (χ4n) is 2.14. The zero-order chi connectivity index (χ0) is 17.3. The topological polar surface area (TPSA) is 47.6 Å². The van der Waals surface area contributed by atoms with E-state index in [4.69, 9.17) is 9.47 Å². The van der Waals surface area contributed by atoms with Crippen LogP contribution in [0.5, 0.6) is 5.75 Å². The zero-order valence-electron chi connectivity index (χ0n) is 13.2. The summed E-state index contributed by atoms with van der Waals surface area (Å²) in [7, 11) is 0. The van der Waals surface area contributed by atoms with Crippen molar-refractivity contribution in [2.24, 2.45) is 0 Å². The third-order valence-corrected chi connectivity index (χ3v) is 3.27. The number of halogens is 3. The van der Waals surface area contributed by atoms with Crippen LogP contribution in [-0.2, 0) is 10.9 Å². The van der Waals surface area contributed by atoms with Gasteiger partial charge < -0.3 is 14.8 Å². The molecule has 1 amide bonds. The van der Waals surface area contributed by atoms with Gasteiger partial charge in [0.05, 0.1) is 5.56 Å². The van der Waals surface area contributed by atoms with Crippen LogP contribution in [0.1, 0.15) is 39.2 Å². The summed E-state index contributed by atoms with van der Waals surface area (Å²) < 4.78 is 48.6. The second-order valence-electron chi connectivity index (χ2n) is 6.64. The van der Waals surface area contributed by atoms with Crippen LogP contribution in [-0.4, -0.2) is 23.8 Å². The number of carbonyl (C=O) groups excluding carboxylic acids is 1. The third kappa shape index (κ3) is 5.33. The molecule has 0 heterocycles. The van der Waals surface area contributed by atoms with Crippen molar-refractivity contribution in [2.45, 2.75) is 57.5 Å². The number of ether oxygens (including phenoxy) is 2. The van der Waals surface area contributed by atoms with Crippen LogP contribution < -0.4 is 10.1 Å². The van der Waals surface area contributed by atoms with Crippen molar-refractivity contribution in [1.29, 1.82) is 0 Å². The molecule has 1 saturated carbocycles. The first-order valence-electron chi connectivity index (χ1n) is 7.36. The smallest absolute Gasteiger partial charge is 0.416 e. The number of alkyl carbamates (subject to hydrolysis) is 1. The zero-order valence-corrected chi connectivity index (χ0v) is 13.2. The Labute approximate surface area is 133 Å². The van der Waals surface area contributed by atoms with E-state index in [0.29, 0.717) is 12.8 Å². The van der Waals surface area contributed by atoms with Gasteiger partial charge in [0.25, 0.3) is 0 Å². The van der Waals surface area contributed by atoms with Gasteiger partial charge in [-0.1, -0.05) is 6.07 Å². The van der Waals surface area contributed by atoms with Crippen LogP contribution in [0.3, 0.4) is 0 Å². The highest BCUT2D eigenvalue weighted by Gasteiger charge is 2.35. The van der Waals surface area contributed by atoms with E-state index in [-0.39, 0.29) is 23.5 Å². The van der Waals surface area contributed by atoms with Crippen molar-refractivity contribution in [3.05, 3.63) is 29.8 Å². The normalized spacial score (nSPS) is 21.3. The molecule has 0 radical (unpaired) electrons. The van der Waals surface area contributed by atoms with Crippen LogP contribution in [0.4, 0.5) is 18.0 Å². The Morgan fingerprint density at radius 2 is 1.83 bits per heavy atom. The minimum absolute atomic E-state index is 0.169. The molecule has 0 saturated heterocycles.